The highest BCUT2D eigenvalue weighted by Gasteiger charge is 2.64. The van der Waals surface area contributed by atoms with E-state index >= 15 is 0 Å². The Morgan fingerprint density at radius 3 is 2.39 bits per heavy atom. The third-order valence-corrected chi connectivity index (χ3v) is 3.72. The maximum Gasteiger partial charge on any atom is 0.413 e. The van der Waals surface area contributed by atoms with E-state index in [0.717, 1.165) is 5.56 Å². The Morgan fingerprint density at radius 2 is 1.83 bits per heavy atom. The Labute approximate surface area is 103 Å². The van der Waals surface area contributed by atoms with Gasteiger partial charge in [0.25, 0.3) is 0 Å². The molecule has 96 valence electrons. The topological polar surface area (TPSA) is 24.4 Å². The van der Waals surface area contributed by atoms with Crippen LogP contribution >= 0.6 is 0 Å². The summed E-state index contributed by atoms with van der Waals surface area (Å²) >= 11 is 0. The highest BCUT2D eigenvalue weighted by Crippen LogP contribution is 2.52. The van der Waals surface area contributed by atoms with Crippen molar-refractivity contribution in [2.75, 3.05) is 0 Å². The highest BCUT2D eigenvalue weighted by molar-refractivity contribution is 6.02. The molecule has 1 aliphatic carbocycles. The summed E-state index contributed by atoms with van der Waals surface area (Å²) < 4.78 is 39.8. The molecule has 0 aromatic heterocycles. The molecule has 0 spiro atoms. The molecule has 0 radical (unpaired) electrons. The Morgan fingerprint density at radius 1 is 1.17 bits per heavy atom. The third-order valence-electron chi connectivity index (χ3n) is 3.72. The normalized spacial score (nSPS) is 27.8. The van der Waals surface area contributed by atoms with Crippen LogP contribution in [-0.2, 0) is 0 Å². The molecule has 3 rings (SSSR count). The van der Waals surface area contributed by atoms with E-state index in [9.17, 15) is 13.2 Å². The van der Waals surface area contributed by atoms with Gasteiger partial charge in [-0.05, 0) is 24.3 Å². The van der Waals surface area contributed by atoms with Crippen LogP contribution < -0.4 is 5.43 Å². The van der Waals surface area contributed by atoms with Crippen LogP contribution in [0.3, 0.4) is 0 Å². The van der Waals surface area contributed by atoms with E-state index in [4.69, 9.17) is 0 Å². The van der Waals surface area contributed by atoms with Gasteiger partial charge in [-0.3, -0.25) is 5.43 Å². The summed E-state index contributed by atoms with van der Waals surface area (Å²) in [6.07, 6.45) is -3.06. The lowest BCUT2D eigenvalue weighted by Crippen LogP contribution is -2.54. The fourth-order valence-electron chi connectivity index (χ4n) is 2.51. The van der Waals surface area contributed by atoms with Gasteiger partial charge in [0.1, 0.15) is 0 Å². The summed E-state index contributed by atoms with van der Waals surface area (Å²) in [6, 6.07) is 9.04. The lowest BCUT2D eigenvalue weighted by molar-refractivity contribution is -0.198. The lowest BCUT2D eigenvalue weighted by atomic mass is 9.86. The van der Waals surface area contributed by atoms with Gasteiger partial charge in [0.05, 0.1) is 5.71 Å². The average Bonchev–Trinajstić information content (AvgIpc) is 3.08. The van der Waals surface area contributed by atoms with E-state index in [1.165, 1.54) is 0 Å². The molecule has 1 fully saturated rings. The Balaban J connectivity index is 1.88. The van der Waals surface area contributed by atoms with E-state index in [0.29, 0.717) is 18.6 Å². The fourth-order valence-corrected chi connectivity index (χ4v) is 2.51. The summed E-state index contributed by atoms with van der Waals surface area (Å²) in [5.74, 6) is -0.331. The van der Waals surface area contributed by atoms with E-state index in [1.807, 2.05) is 18.2 Å². The molecular weight excluding hydrogens is 241 g/mol. The van der Waals surface area contributed by atoms with Gasteiger partial charge in [0.15, 0.2) is 5.54 Å². The van der Waals surface area contributed by atoms with Gasteiger partial charge in [-0.15, -0.1) is 0 Å². The number of nitrogens with zero attached hydrogens (tertiary/aromatic N) is 1. The van der Waals surface area contributed by atoms with Crippen molar-refractivity contribution in [2.45, 2.75) is 31.0 Å². The van der Waals surface area contributed by atoms with Gasteiger partial charge in [0, 0.05) is 6.42 Å². The SMILES string of the molecule is FC(F)(F)C1(C2CC2)CC(c2ccccc2)=NN1. The number of benzene rings is 1. The second-order valence-corrected chi connectivity index (χ2v) is 4.96. The molecule has 2 nitrogen and oxygen atoms in total. The first kappa shape index (κ1) is 11.6. The summed E-state index contributed by atoms with van der Waals surface area (Å²) in [6.45, 7) is 0. The van der Waals surface area contributed by atoms with Crippen molar-refractivity contribution in [3.05, 3.63) is 35.9 Å². The van der Waals surface area contributed by atoms with Crippen molar-refractivity contribution in [2.24, 2.45) is 11.0 Å². The predicted molar refractivity (Wildman–Crippen MR) is 62.2 cm³/mol. The highest BCUT2D eigenvalue weighted by atomic mass is 19.4. The monoisotopic (exact) mass is 254 g/mol. The minimum Gasteiger partial charge on any atom is -0.294 e. The van der Waals surface area contributed by atoms with Gasteiger partial charge in [-0.2, -0.15) is 18.3 Å². The molecule has 0 amide bonds. The van der Waals surface area contributed by atoms with Crippen molar-refractivity contribution in [3.63, 3.8) is 0 Å². The maximum atomic E-state index is 13.3. The van der Waals surface area contributed by atoms with Crippen LogP contribution in [0.15, 0.2) is 35.4 Å². The summed E-state index contributed by atoms with van der Waals surface area (Å²) in [5, 5.41) is 3.93. The van der Waals surface area contributed by atoms with Crippen molar-refractivity contribution in [3.8, 4) is 0 Å². The average molecular weight is 254 g/mol. The molecule has 1 saturated carbocycles. The lowest BCUT2D eigenvalue weighted by Gasteiger charge is -2.31. The second-order valence-electron chi connectivity index (χ2n) is 4.96. The Bertz CT molecular complexity index is 477. The number of alkyl halides is 3. The molecule has 1 atom stereocenters. The smallest absolute Gasteiger partial charge is 0.294 e. The molecule has 0 saturated heterocycles. The fraction of sp³-hybridized carbons (Fsp3) is 0.462. The van der Waals surface area contributed by atoms with E-state index in [1.54, 1.807) is 12.1 Å². The van der Waals surface area contributed by atoms with Crippen LogP contribution in [0, 0.1) is 5.92 Å². The quantitative estimate of drug-likeness (QED) is 0.861. The number of hydrogen-bond donors (Lipinski definition) is 1. The second kappa shape index (κ2) is 3.73. The zero-order valence-electron chi connectivity index (χ0n) is 9.67. The van der Waals surface area contributed by atoms with Crippen LogP contribution in [0.4, 0.5) is 13.2 Å². The first-order valence-corrected chi connectivity index (χ1v) is 5.99. The van der Waals surface area contributed by atoms with Crippen LogP contribution in [0.25, 0.3) is 0 Å². The minimum absolute atomic E-state index is 0.0643. The molecule has 1 aliphatic heterocycles. The molecule has 0 bridgehead atoms. The Hall–Kier alpha value is -1.52. The standard InChI is InChI=1S/C13H13F3N2/c14-13(15,16)12(10-6-7-10)8-11(17-18-12)9-4-2-1-3-5-9/h1-5,10,18H,6-8H2. The first-order valence-electron chi connectivity index (χ1n) is 5.99. The van der Waals surface area contributed by atoms with Crippen LogP contribution in [-0.4, -0.2) is 17.4 Å². The van der Waals surface area contributed by atoms with Gasteiger partial charge >= 0.3 is 6.18 Å². The van der Waals surface area contributed by atoms with Crippen LogP contribution in [0.1, 0.15) is 24.8 Å². The van der Waals surface area contributed by atoms with Crippen molar-refractivity contribution >= 4 is 5.71 Å². The molecule has 2 aliphatic rings. The van der Waals surface area contributed by atoms with Gasteiger partial charge in [-0.25, -0.2) is 0 Å². The van der Waals surface area contributed by atoms with E-state index in [2.05, 4.69) is 10.5 Å². The van der Waals surface area contributed by atoms with E-state index in [-0.39, 0.29) is 12.3 Å². The largest absolute Gasteiger partial charge is 0.413 e. The van der Waals surface area contributed by atoms with Crippen LogP contribution in [0.2, 0.25) is 0 Å². The number of rotatable bonds is 2. The first-order chi connectivity index (χ1) is 8.53. The summed E-state index contributed by atoms with van der Waals surface area (Å²) in [5.41, 5.74) is 1.81. The van der Waals surface area contributed by atoms with Gasteiger partial charge < -0.3 is 0 Å². The number of halogens is 3. The predicted octanol–water partition coefficient (Wildman–Crippen LogP) is 3.10. The maximum absolute atomic E-state index is 13.3. The molecule has 18 heavy (non-hydrogen) atoms. The molecule has 1 N–H and O–H groups in total. The minimum atomic E-state index is -4.26. The van der Waals surface area contributed by atoms with Crippen molar-refractivity contribution in [1.82, 2.24) is 5.43 Å². The van der Waals surface area contributed by atoms with Gasteiger partial charge in [0.2, 0.25) is 0 Å². The number of nitrogens with one attached hydrogen (secondary N) is 1. The molecule has 1 aromatic carbocycles. The van der Waals surface area contributed by atoms with Crippen molar-refractivity contribution in [1.29, 1.82) is 0 Å². The molecular formula is C13H13F3N2. The van der Waals surface area contributed by atoms with E-state index < -0.39 is 11.7 Å². The zero-order chi connectivity index (χ0) is 12.8. The summed E-state index contributed by atoms with van der Waals surface area (Å²) in [4.78, 5) is 0. The molecule has 1 aromatic rings. The number of hydrogen-bond acceptors (Lipinski definition) is 2. The van der Waals surface area contributed by atoms with Crippen LogP contribution in [0.5, 0.6) is 0 Å². The Kier molecular flexibility index (Phi) is 2.40. The zero-order valence-corrected chi connectivity index (χ0v) is 9.67. The van der Waals surface area contributed by atoms with Crippen molar-refractivity contribution < 1.29 is 13.2 Å². The number of hydrazone groups is 1. The third kappa shape index (κ3) is 1.69. The summed E-state index contributed by atoms with van der Waals surface area (Å²) in [7, 11) is 0. The molecule has 5 heteroatoms. The molecule has 1 heterocycles. The van der Waals surface area contributed by atoms with Gasteiger partial charge in [-0.1, -0.05) is 30.3 Å². The molecule has 1 unspecified atom stereocenters.